The van der Waals surface area contributed by atoms with Gasteiger partial charge in [0.2, 0.25) is 16.0 Å². The van der Waals surface area contributed by atoms with Gasteiger partial charge in [-0.05, 0) is 0 Å². The van der Waals surface area contributed by atoms with E-state index in [2.05, 4.69) is 9.97 Å². The zero-order valence-corrected chi connectivity index (χ0v) is 8.51. The zero-order valence-electron chi connectivity index (χ0n) is 7.69. The Morgan fingerprint density at radius 3 is 2.25 bits per heavy atom. The molecule has 6 nitrogen and oxygen atoms in total. The lowest BCUT2D eigenvalue weighted by Crippen LogP contribution is -2.33. The first kappa shape index (κ1) is 12.6. The maximum absolute atomic E-state index is 11.8. The van der Waals surface area contributed by atoms with Gasteiger partial charge < -0.3 is 5.73 Å². The van der Waals surface area contributed by atoms with Crippen LogP contribution in [0, 0.1) is 0 Å². The lowest BCUT2D eigenvalue weighted by Gasteiger charge is -2.08. The molecule has 0 bridgehead atoms. The molecule has 0 saturated heterocycles. The van der Waals surface area contributed by atoms with Gasteiger partial charge in [0, 0.05) is 0 Å². The summed E-state index contributed by atoms with van der Waals surface area (Å²) in [6.07, 6.45) is -2.98. The third-order valence-electron chi connectivity index (χ3n) is 1.42. The standard InChI is InChI=1S/C6H7F3N4O2S/c7-6(8,9)3-13-16(14,15)4-1-11-5(10)12-2-4/h1-2,13H,3H2,(H2,10,11,12). The largest absolute Gasteiger partial charge is 0.402 e. The SMILES string of the molecule is Nc1ncc(S(=O)(=O)NCC(F)(F)F)cn1. The normalized spacial score (nSPS) is 12.7. The number of anilines is 1. The Bertz CT molecular complexity index is 456. The second-order valence-electron chi connectivity index (χ2n) is 2.72. The molecule has 3 N–H and O–H groups in total. The van der Waals surface area contributed by atoms with Crippen LogP contribution in [0.1, 0.15) is 0 Å². The van der Waals surface area contributed by atoms with Crippen LogP contribution in [0.25, 0.3) is 0 Å². The number of hydrogen-bond donors (Lipinski definition) is 2. The van der Waals surface area contributed by atoms with Crippen molar-refractivity contribution in [2.24, 2.45) is 0 Å². The minimum Gasteiger partial charge on any atom is -0.368 e. The average molecular weight is 256 g/mol. The molecule has 0 aliphatic rings. The fourth-order valence-electron chi connectivity index (χ4n) is 0.725. The van der Waals surface area contributed by atoms with E-state index >= 15 is 0 Å². The van der Waals surface area contributed by atoms with Crippen molar-refractivity contribution in [2.75, 3.05) is 12.3 Å². The molecule has 0 saturated carbocycles. The first-order valence-electron chi connectivity index (χ1n) is 3.85. The molecule has 0 aromatic carbocycles. The maximum Gasteiger partial charge on any atom is 0.402 e. The molecule has 0 atom stereocenters. The molecule has 0 unspecified atom stereocenters. The summed E-state index contributed by atoms with van der Waals surface area (Å²) in [6.45, 7) is -1.65. The average Bonchev–Trinajstić information content (AvgIpc) is 2.15. The molecular formula is C6H7F3N4O2S. The molecule has 0 fully saturated rings. The van der Waals surface area contributed by atoms with Crippen molar-refractivity contribution in [1.82, 2.24) is 14.7 Å². The van der Waals surface area contributed by atoms with Crippen LogP contribution in [0.5, 0.6) is 0 Å². The number of nitrogens with one attached hydrogen (secondary N) is 1. The third-order valence-corrected chi connectivity index (χ3v) is 2.78. The number of aromatic nitrogens is 2. The predicted molar refractivity (Wildman–Crippen MR) is 47.7 cm³/mol. The van der Waals surface area contributed by atoms with E-state index in [1.165, 1.54) is 4.72 Å². The molecule has 90 valence electrons. The first-order valence-corrected chi connectivity index (χ1v) is 5.33. The van der Waals surface area contributed by atoms with Gasteiger partial charge in [0.05, 0.1) is 12.4 Å². The Balaban J connectivity index is 2.83. The Morgan fingerprint density at radius 1 is 1.31 bits per heavy atom. The van der Waals surface area contributed by atoms with Gasteiger partial charge in [-0.15, -0.1) is 0 Å². The maximum atomic E-state index is 11.8. The van der Waals surface area contributed by atoms with Crippen LogP contribution in [-0.2, 0) is 10.0 Å². The number of hydrogen-bond acceptors (Lipinski definition) is 5. The van der Waals surface area contributed by atoms with Gasteiger partial charge in [0.15, 0.2) is 0 Å². The summed E-state index contributed by atoms with van der Waals surface area (Å²) in [5.41, 5.74) is 5.10. The molecule has 0 amide bonds. The fourth-order valence-corrected chi connectivity index (χ4v) is 1.63. The smallest absolute Gasteiger partial charge is 0.368 e. The highest BCUT2D eigenvalue weighted by Crippen LogP contribution is 2.14. The molecule has 16 heavy (non-hydrogen) atoms. The summed E-state index contributed by atoms with van der Waals surface area (Å²) in [6, 6.07) is 0. The molecule has 1 aromatic heterocycles. The molecule has 0 radical (unpaired) electrons. The second-order valence-corrected chi connectivity index (χ2v) is 4.48. The Kier molecular flexibility index (Phi) is 3.33. The minimum absolute atomic E-state index is 0.172. The molecule has 0 aliphatic heterocycles. The number of halogens is 3. The summed E-state index contributed by atoms with van der Waals surface area (Å²) in [5.74, 6) is -0.172. The lowest BCUT2D eigenvalue weighted by atomic mass is 10.7. The molecule has 0 spiro atoms. The van der Waals surface area contributed by atoms with Crippen LogP contribution in [0.3, 0.4) is 0 Å². The van der Waals surface area contributed by atoms with E-state index < -0.39 is 27.6 Å². The number of alkyl halides is 3. The molecule has 1 aromatic rings. The van der Waals surface area contributed by atoms with Crippen LogP contribution in [-0.4, -0.2) is 31.1 Å². The van der Waals surface area contributed by atoms with E-state index in [4.69, 9.17) is 5.73 Å². The third kappa shape index (κ3) is 3.62. The van der Waals surface area contributed by atoms with Crippen LogP contribution in [0.4, 0.5) is 19.1 Å². The van der Waals surface area contributed by atoms with Gasteiger partial charge in [-0.3, -0.25) is 0 Å². The Hall–Kier alpha value is -1.42. The van der Waals surface area contributed by atoms with Crippen LogP contribution >= 0.6 is 0 Å². The Morgan fingerprint density at radius 2 is 1.81 bits per heavy atom. The topological polar surface area (TPSA) is 98.0 Å². The second kappa shape index (κ2) is 4.22. The monoisotopic (exact) mass is 256 g/mol. The zero-order chi connectivity index (χ0) is 12.4. The van der Waals surface area contributed by atoms with Crippen molar-refractivity contribution in [3.8, 4) is 0 Å². The highest BCUT2D eigenvalue weighted by Gasteiger charge is 2.30. The van der Waals surface area contributed by atoms with E-state index in [1.54, 1.807) is 0 Å². The molecule has 0 aliphatic carbocycles. The molecule has 10 heteroatoms. The number of sulfonamides is 1. The number of rotatable bonds is 3. The van der Waals surface area contributed by atoms with E-state index in [0.717, 1.165) is 12.4 Å². The summed E-state index contributed by atoms with van der Waals surface area (Å²) >= 11 is 0. The van der Waals surface area contributed by atoms with Crippen LogP contribution < -0.4 is 10.5 Å². The van der Waals surface area contributed by atoms with Gasteiger partial charge in [-0.2, -0.15) is 13.2 Å². The minimum atomic E-state index is -4.62. The van der Waals surface area contributed by atoms with Gasteiger partial charge in [-0.1, -0.05) is 0 Å². The van der Waals surface area contributed by atoms with Crippen molar-refractivity contribution >= 4 is 16.0 Å². The van der Waals surface area contributed by atoms with Gasteiger partial charge in [0.25, 0.3) is 0 Å². The number of nitrogen functional groups attached to an aromatic ring is 1. The predicted octanol–water partition coefficient (Wildman–Crippen LogP) is -0.101. The van der Waals surface area contributed by atoms with Crippen molar-refractivity contribution in [3.63, 3.8) is 0 Å². The molecule has 1 heterocycles. The number of nitrogens with zero attached hydrogens (tertiary/aromatic N) is 2. The highest BCUT2D eigenvalue weighted by atomic mass is 32.2. The fraction of sp³-hybridized carbons (Fsp3) is 0.333. The quantitative estimate of drug-likeness (QED) is 0.786. The van der Waals surface area contributed by atoms with Gasteiger partial charge in [0.1, 0.15) is 11.4 Å². The summed E-state index contributed by atoms with van der Waals surface area (Å²) < 4.78 is 59.2. The Labute approximate surface area is 88.7 Å². The summed E-state index contributed by atoms with van der Waals surface area (Å²) in [4.78, 5) is 6.23. The van der Waals surface area contributed by atoms with E-state index in [9.17, 15) is 21.6 Å². The van der Waals surface area contributed by atoms with Gasteiger partial charge in [-0.25, -0.2) is 23.1 Å². The van der Waals surface area contributed by atoms with E-state index in [1.807, 2.05) is 0 Å². The van der Waals surface area contributed by atoms with Crippen molar-refractivity contribution in [1.29, 1.82) is 0 Å². The highest BCUT2D eigenvalue weighted by molar-refractivity contribution is 7.89. The van der Waals surface area contributed by atoms with Crippen molar-refractivity contribution < 1.29 is 21.6 Å². The van der Waals surface area contributed by atoms with Crippen LogP contribution in [0.15, 0.2) is 17.3 Å². The van der Waals surface area contributed by atoms with Crippen LogP contribution in [0.2, 0.25) is 0 Å². The molecular weight excluding hydrogens is 249 g/mol. The van der Waals surface area contributed by atoms with Crippen molar-refractivity contribution in [2.45, 2.75) is 11.1 Å². The number of nitrogens with two attached hydrogens (primary N) is 1. The van der Waals surface area contributed by atoms with Gasteiger partial charge >= 0.3 is 6.18 Å². The lowest BCUT2D eigenvalue weighted by molar-refractivity contribution is -0.121. The van der Waals surface area contributed by atoms with E-state index in [0.29, 0.717) is 0 Å². The van der Waals surface area contributed by atoms with Crippen molar-refractivity contribution in [3.05, 3.63) is 12.4 Å². The van der Waals surface area contributed by atoms with E-state index in [-0.39, 0.29) is 5.95 Å². The summed E-state index contributed by atoms with van der Waals surface area (Å²) in [5, 5.41) is 0. The first-order chi connectivity index (χ1) is 7.21. The molecule has 1 rings (SSSR count). The summed E-state index contributed by atoms with van der Waals surface area (Å²) in [7, 11) is -4.26.